The van der Waals surface area contributed by atoms with Crippen LogP contribution >= 0.6 is 27.3 Å². The van der Waals surface area contributed by atoms with Gasteiger partial charge in [-0.1, -0.05) is 15.9 Å². The summed E-state index contributed by atoms with van der Waals surface area (Å²) in [6.07, 6.45) is 0. The minimum Gasteiger partial charge on any atom is -0.293 e. The van der Waals surface area contributed by atoms with Gasteiger partial charge >= 0.3 is 0 Å². The molecule has 0 aliphatic carbocycles. The van der Waals surface area contributed by atoms with Gasteiger partial charge in [-0.25, -0.2) is 9.97 Å². The number of fused-ring (bicyclic) bond motifs is 3. The molecular weight excluding hydrogens is 324 g/mol. The van der Waals surface area contributed by atoms with E-state index in [0.717, 1.165) is 24.8 Å². The van der Waals surface area contributed by atoms with Crippen LogP contribution in [-0.4, -0.2) is 16.7 Å². The van der Waals surface area contributed by atoms with Crippen molar-refractivity contribution in [3.8, 4) is 6.07 Å². The van der Waals surface area contributed by atoms with Crippen LogP contribution in [-0.2, 0) is 6.54 Å². The van der Waals surface area contributed by atoms with Crippen LogP contribution < -0.4 is 0 Å². The molecule has 0 spiro atoms. The third-order valence-corrected chi connectivity index (χ3v) is 4.26. The first-order chi connectivity index (χ1) is 9.22. The smallest absolute Gasteiger partial charge is 0.153 e. The molecule has 92 valence electrons. The Morgan fingerprint density at radius 3 is 3.00 bits per heavy atom. The third-order valence-electron chi connectivity index (χ3n) is 2.70. The van der Waals surface area contributed by atoms with Crippen molar-refractivity contribution in [1.82, 2.24) is 9.97 Å². The lowest BCUT2D eigenvalue weighted by atomic mass is 10.2. The molecule has 4 nitrogen and oxygen atoms in total. The van der Waals surface area contributed by atoms with E-state index in [0.29, 0.717) is 18.1 Å². The van der Waals surface area contributed by atoms with Crippen molar-refractivity contribution in [3.63, 3.8) is 0 Å². The van der Waals surface area contributed by atoms with E-state index in [1.165, 1.54) is 0 Å². The van der Waals surface area contributed by atoms with Crippen LogP contribution in [0.4, 0.5) is 0 Å². The molecule has 1 aromatic carbocycles. The number of benzene rings is 1. The lowest BCUT2D eigenvalue weighted by Crippen LogP contribution is -1.96. The topological polar surface area (TPSA) is 61.9 Å². The molecule has 0 radical (unpaired) electrons. The summed E-state index contributed by atoms with van der Waals surface area (Å²) in [4.78, 5) is 13.3. The fraction of sp³-hybridized carbons (Fsp3) is 0.0769. The third kappa shape index (κ3) is 2.01. The number of hydrogen-bond acceptors (Lipinski definition) is 5. The maximum absolute atomic E-state index is 9.28. The normalized spacial score (nSPS) is 10.7. The van der Waals surface area contributed by atoms with E-state index in [1.54, 1.807) is 11.3 Å². The second-order valence-electron chi connectivity index (χ2n) is 3.90. The van der Waals surface area contributed by atoms with Gasteiger partial charge in [0.05, 0.1) is 11.9 Å². The lowest BCUT2D eigenvalue weighted by Gasteiger charge is -1.98. The van der Waals surface area contributed by atoms with Gasteiger partial charge in [-0.2, -0.15) is 5.26 Å². The Morgan fingerprint density at radius 1 is 1.42 bits per heavy atom. The van der Waals surface area contributed by atoms with Gasteiger partial charge in [0.25, 0.3) is 0 Å². The predicted molar refractivity (Wildman–Crippen MR) is 80.6 cm³/mol. The molecule has 0 atom stereocenters. The average Bonchev–Trinajstić information content (AvgIpc) is 2.76. The standard InChI is InChI=1S/C13H7BrN4S/c1-16-6-11-17-9(5-15)12-8-4-7(14)2-3-10(8)19-13(12)18-11/h2-4H,1,6H2. The van der Waals surface area contributed by atoms with Crippen molar-refractivity contribution in [2.45, 2.75) is 6.54 Å². The van der Waals surface area contributed by atoms with Gasteiger partial charge in [-0.15, -0.1) is 11.3 Å². The van der Waals surface area contributed by atoms with Gasteiger partial charge in [0, 0.05) is 14.6 Å². The van der Waals surface area contributed by atoms with Gasteiger partial charge < -0.3 is 0 Å². The molecule has 0 unspecified atom stereocenters. The zero-order valence-electron chi connectivity index (χ0n) is 9.72. The molecule has 3 aromatic rings. The first kappa shape index (κ1) is 12.2. The first-order valence-corrected chi connectivity index (χ1v) is 7.05. The molecule has 0 N–H and O–H groups in total. The zero-order valence-corrected chi connectivity index (χ0v) is 12.1. The van der Waals surface area contributed by atoms with Gasteiger partial charge in [0.15, 0.2) is 11.5 Å². The number of nitriles is 1. The van der Waals surface area contributed by atoms with Crippen LogP contribution in [0.25, 0.3) is 20.3 Å². The molecule has 0 aliphatic heterocycles. The molecule has 2 heterocycles. The van der Waals surface area contributed by atoms with E-state index >= 15 is 0 Å². The second-order valence-corrected chi connectivity index (χ2v) is 5.85. The number of hydrogen-bond donors (Lipinski definition) is 0. The Labute approximate surface area is 121 Å². The molecule has 0 fully saturated rings. The molecule has 19 heavy (non-hydrogen) atoms. The summed E-state index contributed by atoms with van der Waals surface area (Å²) in [5.41, 5.74) is 0.396. The summed E-state index contributed by atoms with van der Waals surface area (Å²) in [6.45, 7) is 3.75. The van der Waals surface area contributed by atoms with E-state index in [4.69, 9.17) is 0 Å². The van der Waals surface area contributed by atoms with Crippen LogP contribution in [0, 0.1) is 11.3 Å². The number of aromatic nitrogens is 2. The number of halogens is 1. The summed E-state index contributed by atoms with van der Waals surface area (Å²) < 4.78 is 2.06. The number of thiophene rings is 1. The fourth-order valence-electron chi connectivity index (χ4n) is 1.94. The molecular formula is C13H7BrN4S. The average molecular weight is 331 g/mol. The second kappa shape index (κ2) is 4.68. The van der Waals surface area contributed by atoms with E-state index in [-0.39, 0.29) is 0 Å². The summed E-state index contributed by atoms with van der Waals surface area (Å²) >= 11 is 5.00. The first-order valence-electron chi connectivity index (χ1n) is 5.44. The minimum atomic E-state index is 0.322. The highest BCUT2D eigenvalue weighted by Gasteiger charge is 2.14. The summed E-state index contributed by atoms with van der Waals surface area (Å²) in [7, 11) is 0. The van der Waals surface area contributed by atoms with E-state index < -0.39 is 0 Å². The van der Waals surface area contributed by atoms with Crippen LogP contribution in [0.2, 0.25) is 0 Å². The highest BCUT2D eigenvalue weighted by atomic mass is 79.9. The summed E-state index contributed by atoms with van der Waals surface area (Å²) in [6, 6.07) is 8.12. The Bertz CT molecular complexity index is 847. The van der Waals surface area contributed by atoms with Gasteiger partial charge in [-0.3, -0.25) is 4.99 Å². The van der Waals surface area contributed by atoms with Crippen molar-refractivity contribution in [1.29, 1.82) is 5.26 Å². The van der Waals surface area contributed by atoms with E-state index in [9.17, 15) is 5.26 Å². The summed E-state index contributed by atoms with van der Waals surface area (Å²) in [5, 5.41) is 11.1. The van der Waals surface area contributed by atoms with Crippen molar-refractivity contribution >= 4 is 54.3 Å². The Morgan fingerprint density at radius 2 is 2.26 bits per heavy atom. The summed E-state index contributed by atoms with van der Waals surface area (Å²) in [5.74, 6) is 0.532. The highest BCUT2D eigenvalue weighted by molar-refractivity contribution is 9.10. The number of rotatable bonds is 2. The molecule has 0 amide bonds. The quantitative estimate of drug-likeness (QED) is 0.673. The van der Waals surface area contributed by atoms with Crippen molar-refractivity contribution in [2.75, 3.05) is 0 Å². The number of nitrogens with zero attached hydrogens (tertiary/aromatic N) is 4. The van der Waals surface area contributed by atoms with Crippen LogP contribution in [0.3, 0.4) is 0 Å². The zero-order chi connectivity index (χ0) is 13.4. The van der Waals surface area contributed by atoms with Crippen LogP contribution in [0.15, 0.2) is 27.7 Å². The van der Waals surface area contributed by atoms with Gasteiger partial charge in [-0.05, 0) is 24.9 Å². The maximum atomic E-state index is 9.28. The van der Waals surface area contributed by atoms with Crippen molar-refractivity contribution in [3.05, 3.63) is 34.2 Å². The van der Waals surface area contributed by atoms with Crippen molar-refractivity contribution in [2.24, 2.45) is 4.99 Å². The largest absolute Gasteiger partial charge is 0.293 e. The van der Waals surface area contributed by atoms with Crippen LogP contribution in [0.5, 0.6) is 0 Å². The SMILES string of the molecule is C=NCc1nc(C#N)c2c(n1)sc1ccc(Br)cc12. The van der Waals surface area contributed by atoms with Gasteiger partial charge in [0.1, 0.15) is 10.9 Å². The van der Waals surface area contributed by atoms with Gasteiger partial charge in [0.2, 0.25) is 0 Å². The van der Waals surface area contributed by atoms with E-state index in [1.807, 2.05) is 18.2 Å². The Hall–Kier alpha value is -1.84. The Balaban J connectivity index is 2.44. The monoisotopic (exact) mass is 330 g/mol. The molecule has 6 heteroatoms. The number of aliphatic imine (C=N–C) groups is 1. The van der Waals surface area contributed by atoms with Crippen LogP contribution in [0.1, 0.15) is 11.5 Å². The minimum absolute atomic E-state index is 0.322. The molecule has 0 saturated heterocycles. The van der Waals surface area contributed by atoms with E-state index in [2.05, 4.69) is 43.7 Å². The highest BCUT2D eigenvalue weighted by Crippen LogP contribution is 2.35. The maximum Gasteiger partial charge on any atom is 0.153 e. The molecule has 0 bridgehead atoms. The lowest BCUT2D eigenvalue weighted by molar-refractivity contribution is 0.930. The molecule has 2 aromatic heterocycles. The predicted octanol–water partition coefficient (Wildman–Crippen LogP) is 3.68. The molecule has 0 aliphatic rings. The fourth-order valence-corrected chi connectivity index (χ4v) is 3.38. The molecule has 3 rings (SSSR count). The molecule has 0 saturated carbocycles. The van der Waals surface area contributed by atoms with Crippen molar-refractivity contribution < 1.29 is 0 Å². The Kier molecular flexibility index (Phi) is 3.01.